The molecule has 1 N–H and O–H groups in total. The van der Waals surface area contributed by atoms with Gasteiger partial charge in [-0.15, -0.1) is 0 Å². The average molecular weight is 594 g/mol. The molecule has 2 amide bonds. The summed E-state index contributed by atoms with van der Waals surface area (Å²) in [7, 11) is -1.17. The second-order valence-electron chi connectivity index (χ2n) is 10.5. The number of methoxy groups -OCH3 is 2. The number of sulfonamides is 1. The number of rotatable bonds is 12. The van der Waals surface area contributed by atoms with Crippen molar-refractivity contribution in [2.45, 2.75) is 63.1 Å². The molecule has 1 unspecified atom stereocenters. The van der Waals surface area contributed by atoms with Crippen LogP contribution in [0.5, 0.6) is 11.5 Å². The molecule has 0 aliphatic heterocycles. The minimum absolute atomic E-state index is 0.0371. The number of ether oxygens (including phenoxy) is 2. The van der Waals surface area contributed by atoms with E-state index in [-0.39, 0.29) is 29.1 Å². The van der Waals surface area contributed by atoms with Crippen LogP contribution in [0, 0.1) is 6.92 Å². The number of aryl methyl sites for hydroxylation is 1. The standard InChI is InChI=1S/C32H39N3O6S/c1-23-14-19-30(41-4)29(20-23)35(42(38,39)28-12-6-5-7-13-28)22-31(36)34(21-25-15-17-27(40-3)18-16-25)24(2)32(37)33-26-10-8-9-11-26/h5-7,12-20,24,26H,8-11,21-22H2,1-4H3,(H,33,37). The summed E-state index contributed by atoms with van der Waals surface area (Å²) >= 11 is 0. The van der Waals surface area contributed by atoms with Crippen molar-refractivity contribution < 1.29 is 27.5 Å². The predicted octanol–water partition coefficient (Wildman–Crippen LogP) is 4.68. The lowest BCUT2D eigenvalue weighted by atomic mass is 10.1. The Hall–Kier alpha value is -4.05. The van der Waals surface area contributed by atoms with Crippen LogP contribution in [0.15, 0.2) is 77.7 Å². The molecule has 0 heterocycles. The van der Waals surface area contributed by atoms with Gasteiger partial charge in [-0.05, 0) is 74.2 Å². The highest BCUT2D eigenvalue weighted by Crippen LogP contribution is 2.34. The molecule has 42 heavy (non-hydrogen) atoms. The summed E-state index contributed by atoms with van der Waals surface area (Å²) in [6.07, 6.45) is 3.92. The largest absolute Gasteiger partial charge is 0.497 e. The van der Waals surface area contributed by atoms with E-state index in [9.17, 15) is 18.0 Å². The Labute approximate surface area is 248 Å². The smallest absolute Gasteiger partial charge is 0.264 e. The molecule has 4 rings (SSSR count). The van der Waals surface area contributed by atoms with Gasteiger partial charge in [0.25, 0.3) is 10.0 Å². The van der Waals surface area contributed by atoms with Crippen molar-refractivity contribution in [1.82, 2.24) is 10.2 Å². The lowest BCUT2D eigenvalue weighted by molar-refractivity contribution is -0.139. The summed E-state index contributed by atoms with van der Waals surface area (Å²) in [5, 5.41) is 3.08. The molecular weight excluding hydrogens is 554 g/mol. The van der Waals surface area contributed by atoms with Crippen molar-refractivity contribution in [2.24, 2.45) is 0 Å². The first-order valence-electron chi connectivity index (χ1n) is 14.1. The van der Waals surface area contributed by atoms with Gasteiger partial charge < -0.3 is 19.7 Å². The van der Waals surface area contributed by atoms with Crippen LogP contribution in [-0.4, -0.2) is 58.0 Å². The molecule has 1 aliphatic carbocycles. The van der Waals surface area contributed by atoms with Crippen LogP contribution in [0.25, 0.3) is 0 Å². The number of nitrogens with zero attached hydrogens (tertiary/aromatic N) is 2. The highest BCUT2D eigenvalue weighted by Gasteiger charge is 2.34. The van der Waals surface area contributed by atoms with Crippen LogP contribution in [0.1, 0.15) is 43.7 Å². The van der Waals surface area contributed by atoms with Crippen LogP contribution in [0.4, 0.5) is 5.69 Å². The topological polar surface area (TPSA) is 105 Å². The van der Waals surface area contributed by atoms with Gasteiger partial charge in [0.1, 0.15) is 24.1 Å². The van der Waals surface area contributed by atoms with Gasteiger partial charge in [0, 0.05) is 12.6 Å². The maximum atomic E-state index is 14.2. The first-order chi connectivity index (χ1) is 20.1. The molecule has 1 aliphatic rings. The molecule has 224 valence electrons. The van der Waals surface area contributed by atoms with Crippen molar-refractivity contribution >= 4 is 27.5 Å². The lowest BCUT2D eigenvalue weighted by Gasteiger charge is -2.33. The maximum Gasteiger partial charge on any atom is 0.264 e. The third-order valence-electron chi connectivity index (χ3n) is 7.59. The van der Waals surface area contributed by atoms with E-state index in [1.54, 1.807) is 56.5 Å². The van der Waals surface area contributed by atoms with Crippen LogP contribution in [0.3, 0.4) is 0 Å². The van der Waals surface area contributed by atoms with Crippen LogP contribution in [0.2, 0.25) is 0 Å². The Kier molecular flexibility index (Phi) is 10.1. The Morgan fingerprint density at radius 1 is 0.952 bits per heavy atom. The van der Waals surface area contributed by atoms with Gasteiger partial charge in [0.05, 0.1) is 24.8 Å². The third kappa shape index (κ3) is 7.23. The van der Waals surface area contributed by atoms with E-state index >= 15 is 0 Å². The molecule has 0 radical (unpaired) electrons. The summed E-state index contributed by atoms with van der Waals surface area (Å²) in [5.74, 6) is 0.175. The van der Waals surface area contributed by atoms with Crippen molar-refractivity contribution in [3.8, 4) is 11.5 Å². The maximum absolute atomic E-state index is 14.2. The van der Waals surface area contributed by atoms with Crippen LogP contribution >= 0.6 is 0 Å². The Bertz CT molecular complexity index is 1470. The molecule has 1 saturated carbocycles. The number of hydrogen-bond acceptors (Lipinski definition) is 6. The van der Waals surface area contributed by atoms with E-state index in [0.717, 1.165) is 41.1 Å². The Morgan fingerprint density at radius 3 is 2.24 bits per heavy atom. The molecule has 0 aromatic heterocycles. The third-order valence-corrected chi connectivity index (χ3v) is 9.37. The zero-order valence-electron chi connectivity index (χ0n) is 24.6. The molecule has 9 nitrogen and oxygen atoms in total. The summed E-state index contributed by atoms with van der Waals surface area (Å²) in [6, 6.07) is 19.6. The van der Waals surface area contributed by atoms with Gasteiger partial charge in [-0.1, -0.05) is 49.2 Å². The molecule has 3 aromatic carbocycles. The number of nitrogens with one attached hydrogen (secondary N) is 1. The SMILES string of the molecule is COc1ccc(CN(C(=O)CN(c2cc(C)ccc2OC)S(=O)(=O)c2ccccc2)C(C)C(=O)NC2CCCC2)cc1. The van der Waals surface area contributed by atoms with Gasteiger partial charge in [0.15, 0.2) is 0 Å². The van der Waals surface area contributed by atoms with Crippen LogP contribution < -0.4 is 19.1 Å². The van der Waals surface area contributed by atoms with Crippen molar-refractivity contribution in [1.29, 1.82) is 0 Å². The molecular formula is C32H39N3O6S. The monoisotopic (exact) mass is 593 g/mol. The van der Waals surface area contributed by atoms with Gasteiger partial charge >= 0.3 is 0 Å². The summed E-state index contributed by atoms with van der Waals surface area (Å²) in [4.78, 5) is 29.0. The minimum Gasteiger partial charge on any atom is -0.497 e. The van der Waals surface area contributed by atoms with Crippen molar-refractivity contribution in [2.75, 3.05) is 25.1 Å². The van der Waals surface area contributed by atoms with Gasteiger partial charge in [-0.2, -0.15) is 0 Å². The number of anilines is 1. The molecule has 1 fully saturated rings. The predicted molar refractivity (Wildman–Crippen MR) is 162 cm³/mol. The lowest BCUT2D eigenvalue weighted by Crippen LogP contribution is -2.52. The number of hydrogen-bond donors (Lipinski definition) is 1. The zero-order chi connectivity index (χ0) is 30.3. The summed E-state index contributed by atoms with van der Waals surface area (Å²) in [5.41, 5.74) is 1.81. The highest BCUT2D eigenvalue weighted by molar-refractivity contribution is 7.92. The molecule has 0 bridgehead atoms. The first-order valence-corrected chi connectivity index (χ1v) is 15.5. The van der Waals surface area contributed by atoms with E-state index in [1.807, 2.05) is 25.1 Å². The molecule has 1 atom stereocenters. The number of carbonyl (C=O) groups is 2. The molecule has 3 aromatic rings. The van der Waals surface area contributed by atoms with E-state index in [0.29, 0.717) is 11.5 Å². The second-order valence-corrected chi connectivity index (χ2v) is 12.4. The number of benzene rings is 3. The highest BCUT2D eigenvalue weighted by atomic mass is 32.2. The normalized spacial score (nSPS) is 14.2. The minimum atomic E-state index is -4.19. The number of carbonyl (C=O) groups excluding carboxylic acids is 2. The van der Waals surface area contributed by atoms with Gasteiger partial charge in [0.2, 0.25) is 11.8 Å². The molecule has 10 heteroatoms. The number of amides is 2. The second kappa shape index (κ2) is 13.7. The average Bonchev–Trinajstić information content (AvgIpc) is 3.52. The van der Waals surface area contributed by atoms with E-state index < -0.39 is 28.5 Å². The van der Waals surface area contributed by atoms with E-state index in [2.05, 4.69) is 5.32 Å². The van der Waals surface area contributed by atoms with E-state index in [4.69, 9.17) is 9.47 Å². The summed E-state index contributed by atoms with van der Waals surface area (Å²) < 4.78 is 39.9. The molecule has 0 spiro atoms. The van der Waals surface area contributed by atoms with Gasteiger partial charge in [-0.3, -0.25) is 13.9 Å². The zero-order valence-corrected chi connectivity index (χ0v) is 25.4. The van der Waals surface area contributed by atoms with Crippen molar-refractivity contribution in [3.63, 3.8) is 0 Å². The fourth-order valence-electron chi connectivity index (χ4n) is 5.13. The summed E-state index contributed by atoms with van der Waals surface area (Å²) in [6.45, 7) is 3.08. The quantitative estimate of drug-likeness (QED) is 0.327. The van der Waals surface area contributed by atoms with E-state index in [1.165, 1.54) is 24.1 Å². The van der Waals surface area contributed by atoms with Crippen molar-refractivity contribution in [3.05, 3.63) is 83.9 Å². The fraction of sp³-hybridized carbons (Fsp3) is 0.375. The first kappa shape index (κ1) is 30.9. The Balaban J connectivity index is 1.72. The molecule has 0 saturated heterocycles. The van der Waals surface area contributed by atoms with Gasteiger partial charge in [-0.25, -0.2) is 8.42 Å². The van der Waals surface area contributed by atoms with Crippen LogP contribution in [-0.2, 0) is 26.2 Å². The Morgan fingerprint density at radius 2 is 1.62 bits per heavy atom. The fourth-order valence-corrected chi connectivity index (χ4v) is 6.57.